The SMILES string of the molecule is CCc1cnccc1C(NN)c1ccsc1C. The van der Waals surface area contributed by atoms with Gasteiger partial charge in [0.25, 0.3) is 0 Å². The Morgan fingerprint density at radius 2 is 2.24 bits per heavy atom. The first-order valence-electron chi connectivity index (χ1n) is 5.70. The van der Waals surface area contributed by atoms with E-state index in [4.69, 9.17) is 5.84 Å². The first-order chi connectivity index (χ1) is 8.27. The van der Waals surface area contributed by atoms with E-state index in [1.165, 1.54) is 21.6 Å². The Kier molecular flexibility index (Phi) is 3.89. The van der Waals surface area contributed by atoms with Crippen molar-refractivity contribution < 1.29 is 0 Å². The molecule has 0 saturated carbocycles. The number of hydrazine groups is 1. The molecular formula is C13H17N3S. The Morgan fingerprint density at radius 1 is 1.41 bits per heavy atom. The van der Waals surface area contributed by atoms with Crippen molar-refractivity contribution in [2.24, 2.45) is 5.84 Å². The first kappa shape index (κ1) is 12.2. The summed E-state index contributed by atoms with van der Waals surface area (Å²) >= 11 is 1.75. The average molecular weight is 247 g/mol. The van der Waals surface area contributed by atoms with Gasteiger partial charge in [0.2, 0.25) is 0 Å². The minimum Gasteiger partial charge on any atom is -0.271 e. The minimum atomic E-state index is 0.0548. The maximum atomic E-state index is 5.72. The molecule has 2 rings (SSSR count). The molecule has 0 amide bonds. The van der Waals surface area contributed by atoms with Crippen LogP contribution in [0, 0.1) is 6.92 Å². The van der Waals surface area contributed by atoms with Gasteiger partial charge in [-0.15, -0.1) is 11.3 Å². The van der Waals surface area contributed by atoms with Crippen LogP contribution in [0.5, 0.6) is 0 Å². The van der Waals surface area contributed by atoms with E-state index >= 15 is 0 Å². The molecule has 2 aromatic rings. The van der Waals surface area contributed by atoms with Crippen molar-refractivity contribution in [3.05, 3.63) is 51.5 Å². The normalized spacial score (nSPS) is 12.6. The van der Waals surface area contributed by atoms with Gasteiger partial charge in [-0.3, -0.25) is 10.8 Å². The van der Waals surface area contributed by atoms with Crippen LogP contribution in [0.25, 0.3) is 0 Å². The van der Waals surface area contributed by atoms with Crippen molar-refractivity contribution in [3.63, 3.8) is 0 Å². The third-order valence-electron chi connectivity index (χ3n) is 3.01. The predicted octanol–water partition coefficient (Wildman–Crippen LogP) is 2.57. The fourth-order valence-corrected chi connectivity index (χ4v) is 2.80. The summed E-state index contributed by atoms with van der Waals surface area (Å²) in [7, 11) is 0. The van der Waals surface area contributed by atoms with Crippen molar-refractivity contribution in [1.29, 1.82) is 0 Å². The van der Waals surface area contributed by atoms with E-state index in [-0.39, 0.29) is 6.04 Å². The van der Waals surface area contributed by atoms with Crippen LogP contribution in [-0.2, 0) is 6.42 Å². The number of rotatable bonds is 4. The van der Waals surface area contributed by atoms with E-state index in [0.29, 0.717) is 0 Å². The van der Waals surface area contributed by atoms with Gasteiger partial charge in [0.15, 0.2) is 0 Å². The van der Waals surface area contributed by atoms with Crippen LogP contribution < -0.4 is 11.3 Å². The summed E-state index contributed by atoms with van der Waals surface area (Å²) in [6, 6.07) is 4.23. The summed E-state index contributed by atoms with van der Waals surface area (Å²) in [5.41, 5.74) is 6.62. The van der Waals surface area contributed by atoms with Gasteiger partial charge in [0.1, 0.15) is 0 Å². The molecule has 0 spiro atoms. The lowest BCUT2D eigenvalue weighted by atomic mass is 9.96. The number of pyridine rings is 1. The Bertz CT molecular complexity index is 493. The molecule has 0 aliphatic rings. The van der Waals surface area contributed by atoms with E-state index in [1.54, 1.807) is 11.3 Å². The highest BCUT2D eigenvalue weighted by atomic mass is 32.1. The summed E-state index contributed by atoms with van der Waals surface area (Å²) in [6.45, 7) is 4.26. The van der Waals surface area contributed by atoms with E-state index < -0.39 is 0 Å². The first-order valence-corrected chi connectivity index (χ1v) is 6.58. The third kappa shape index (κ3) is 2.39. The van der Waals surface area contributed by atoms with Crippen molar-refractivity contribution in [3.8, 4) is 0 Å². The topological polar surface area (TPSA) is 50.9 Å². The van der Waals surface area contributed by atoms with Crippen LogP contribution in [0.2, 0.25) is 0 Å². The van der Waals surface area contributed by atoms with Gasteiger partial charge < -0.3 is 0 Å². The van der Waals surface area contributed by atoms with Crippen LogP contribution in [0.1, 0.15) is 34.5 Å². The van der Waals surface area contributed by atoms with Gasteiger partial charge in [-0.05, 0) is 47.5 Å². The van der Waals surface area contributed by atoms with Crippen molar-refractivity contribution in [1.82, 2.24) is 10.4 Å². The van der Waals surface area contributed by atoms with Gasteiger partial charge in [-0.2, -0.15) is 0 Å². The van der Waals surface area contributed by atoms with E-state index in [0.717, 1.165) is 6.42 Å². The van der Waals surface area contributed by atoms with Crippen LogP contribution in [0.15, 0.2) is 29.9 Å². The Hall–Kier alpha value is -1.23. The second kappa shape index (κ2) is 5.40. The molecule has 0 aromatic carbocycles. The second-order valence-electron chi connectivity index (χ2n) is 3.96. The number of hydrogen-bond acceptors (Lipinski definition) is 4. The van der Waals surface area contributed by atoms with Crippen LogP contribution in [-0.4, -0.2) is 4.98 Å². The maximum Gasteiger partial charge on any atom is 0.0724 e. The fraction of sp³-hybridized carbons (Fsp3) is 0.308. The molecule has 0 fully saturated rings. The van der Waals surface area contributed by atoms with Crippen molar-refractivity contribution in [2.75, 3.05) is 0 Å². The predicted molar refractivity (Wildman–Crippen MR) is 71.8 cm³/mol. The number of nitrogens with zero attached hydrogens (tertiary/aromatic N) is 1. The highest BCUT2D eigenvalue weighted by molar-refractivity contribution is 7.10. The summed E-state index contributed by atoms with van der Waals surface area (Å²) in [5, 5.41) is 2.10. The highest BCUT2D eigenvalue weighted by Gasteiger charge is 2.17. The average Bonchev–Trinajstić information content (AvgIpc) is 2.78. The van der Waals surface area contributed by atoms with Crippen LogP contribution in [0.3, 0.4) is 0 Å². The molecule has 0 aliphatic carbocycles. The number of nitrogens with two attached hydrogens (primary N) is 1. The monoisotopic (exact) mass is 247 g/mol. The standard InChI is InChI=1S/C13H17N3S/c1-3-10-8-15-6-4-12(10)13(16-14)11-5-7-17-9(11)2/h4-8,13,16H,3,14H2,1-2H3. The van der Waals surface area contributed by atoms with Gasteiger partial charge in [-0.1, -0.05) is 6.92 Å². The molecule has 1 atom stereocenters. The molecule has 90 valence electrons. The Morgan fingerprint density at radius 3 is 2.82 bits per heavy atom. The molecule has 17 heavy (non-hydrogen) atoms. The zero-order chi connectivity index (χ0) is 12.3. The van der Waals surface area contributed by atoms with Crippen molar-refractivity contribution >= 4 is 11.3 Å². The zero-order valence-electron chi connectivity index (χ0n) is 10.1. The lowest BCUT2D eigenvalue weighted by Crippen LogP contribution is -2.29. The lowest BCUT2D eigenvalue weighted by molar-refractivity contribution is 0.629. The molecule has 0 saturated heterocycles. The molecule has 4 heteroatoms. The smallest absolute Gasteiger partial charge is 0.0724 e. The summed E-state index contributed by atoms with van der Waals surface area (Å²) in [4.78, 5) is 5.47. The summed E-state index contributed by atoms with van der Waals surface area (Å²) in [6.07, 6.45) is 4.70. The third-order valence-corrected chi connectivity index (χ3v) is 3.87. The number of nitrogens with one attached hydrogen (secondary N) is 1. The number of aryl methyl sites for hydroxylation is 2. The molecule has 3 N–H and O–H groups in total. The van der Waals surface area contributed by atoms with E-state index in [1.807, 2.05) is 18.5 Å². The summed E-state index contributed by atoms with van der Waals surface area (Å²) < 4.78 is 0. The number of thiophene rings is 1. The van der Waals surface area contributed by atoms with Crippen LogP contribution in [0.4, 0.5) is 0 Å². The quantitative estimate of drug-likeness (QED) is 0.645. The molecule has 1 unspecified atom stereocenters. The fourth-order valence-electron chi connectivity index (χ4n) is 2.06. The molecule has 2 heterocycles. The Labute approximate surface area is 106 Å². The Balaban J connectivity index is 2.46. The second-order valence-corrected chi connectivity index (χ2v) is 5.08. The molecule has 0 bridgehead atoms. The molecule has 3 nitrogen and oxygen atoms in total. The molecule has 0 aliphatic heterocycles. The molecule has 0 radical (unpaired) electrons. The molecular weight excluding hydrogens is 230 g/mol. The largest absolute Gasteiger partial charge is 0.271 e. The number of aromatic nitrogens is 1. The van der Waals surface area contributed by atoms with Crippen LogP contribution >= 0.6 is 11.3 Å². The van der Waals surface area contributed by atoms with Gasteiger partial charge in [-0.25, -0.2) is 5.43 Å². The van der Waals surface area contributed by atoms with Gasteiger partial charge in [0.05, 0.1) is 6.04 Å². The van der Waals surface area contributed by atoms with E-state index in [2.05, 4.69) is 35.7 Å². The number of hydrogen-bond donors (Lipinski definition) is 2. The zero-order valence-corrected chi connectivity index (χ0v) is 10.9. The highest BCUT2D eigenvalue weighted by Crippen LogP contribution is 2.29. The van der Waals surface area contributed by atoms with Crippen molar-refractivity contribution in [2.45, 2.75) is 26.3 Å². The van der Waals surface area contributed by atoms with Gasteiger partial charge >= 0.3 is 0 Å². The molecule has 2 aromatic heterocycles. The van der Waals surface area contributed by atoms with E-state index in [9.17, 15) is 0 Å². The minimum absolute atomic E-state index is 0.0548. The van der Waals surface area contributed by atoms with Gasteiger partial charge in [0, 0.05) is 17.3 Å². The summed E-state index contributed by atoms with van der Waals surface area (Å²) in [5.74, 6) is 5.72. The maximum absolute atomic E-state index is 5.72. The lowest BCUT2D eigenvalue weighted by Gasteiger charge is -2.19.